The van der Waals surface area contributed by atoms with Crippen molar-refractivity contribution in [3.05, 3.63) is 20.8 Å². The minimum Gasteiger partial charge on any atom is -0.309 e. The second-order valence-corrected chi connectivity index (χ2v) is 6.77. The summed E-state index contributed by atoms with van der Waals surface area (Å²) in [6.45, 7) is 9.94. The van der Waals surface area contributed by atoms with Gasteiger partial charge in [-0.3, -0.25) is 0 Å². The molecule has 0 saturated carbocycles. The third-order valence-electron chi connectivity index (χ3n) is 2.89. The first-order valence-corrected chi connectivity index (χ1v) is 7.73. The molecular formula is C14H24ClNS. The summed E-state index contributed by atoms with van der Waals surface area (Å²) < 4.78 is 0.938. The van der Waals surface area contributed by atoms with Gasteiger partial charge in [0.15, 0.2) is 0 Å². The smallest absolute Gasteiger partial charge is 0.0960 e. The molecule has 0 saturated heterocycles. The fourth-order valence-electron chi connectivity index (χ4n) is 1.82. The van der Waals surface area contributed by atoms with Crippen LogP contribution in [0.25, 0.3) is 0 Å². The van der Waals surface area contributed by atoms with Gasteiger partial charge in [-0.05, 0) is 50.3 Å². The molecule has 0 aliphatic rings. The van der Waals surface area contributed by atoms with Crippen molar-refractivity contribution in [1.82, 2.24) is 5.32 Å². The molecule has 3 heteroatoms. The van der Waals surface area contributed by atoms with Crippen molar-refractivity contribution >= 4 is 22.9 Å². The lowest BCUT2D eigenvalue weighted by molar-refractivity contribution is 0.445. The Hall–Kier alpha value is -0.0500. The number of halogens is 1. The van der Waals surface area contributed by atoms with E-state index >= 15 is 0 Å². The van der Waals surface area contributed by atoms with Gasteiger partial charge >= 0.3 is 0 Å². The number of hydrogen-bond acceptors (Lipinski definition) is 2. The number of nitrogens with one attached hydrogen (secondary N) is 1. The molecule has 1 N–H and O–H groups in total. The summed E-state index contributed by atoms with van der Waals surface area (Å²) in [6, 6.07) is 2.72. The van der Waals surface area contributed by atoms with E-state index in [9.17, 15) is 0 Å². The Balaban J connectivity index is 2.67. The highest BCUT2D eigenvalue weighted by molar-refractivity contribution is 7.16. The lowest BCUT2D eigenvalue weighted by atomic mass is 10.0. The second-order valence-electron chi connectivity index (χ2n) is 5.08. The summed E-state index contributed by atoms with van der Waals surface area (Å²) in [7, 11) is 0. The van der Waals surface area contributed by atoms with Gasteiger partial charge in [0.25, 0.3) is 0 Å². The summed E-state index contributed by atoms with van der Waals surface area (Å²) in [5.41, 5.74) is 1.21. The Labute approximate surface area is 115 Å². The average molecular weight is 274 g/mol. The van der Waals surface area contributed by atoms with Gasteiger partial charge in [-0.1, -0.05) is 32.4 Å². The Morgan fingerprint density at radius 1 is 1.35 bits per heavy atom. The van der Waals surface area contributed by atoms with E-state index in [0.29, 0.717) is 6.04 Å². The highest BCUT2D eigenvalue weighted by Crippen LogP contribution is 2.33. The van der Waals surface area contributed by atoms with Gasteiger partial charge in [-0.15, -0.1) is 11.3 Å². The van der Waals surface area contributed by atoms with Crippen LogP contribution in [-0.4, -0.2) is 6.54 Å². The summed E-state index contributed by atoms with van der Waals surface area (Å²) in [4.78, 5) is 1.39. The molecule has 1 nitrogen and oxygen atoms in total. The van der Waals surface area contributed by atoms with Gasteiger partial charge in [0.2, 0.25) is 0 Å². The Morgan fingerprint density at radius 3 is 2.53 bits per heavy atom. The van der Waals surface area contributed by atoms with Crippen LogP contribution >= 0.6 is 22.9 Å². The zero-order valence-electron chi connectivity index (χ0n) is 11.3. The zero-order valence-corrected chi connectivity index (χ0v) is 12.9. The molecular weight excluding hydrogens is 250 g/mol. The van der Waals surface area contributed by atoms with Crippen LogP contribution in [0.2, 0.25) is 4.34 Å². The molecule has 1 heterocycles. The molecule has 0 spiro atoms. The van der Waals surface area contributed by atoms with Crippen molar-refractivity contribution in [2.45, 2.75) is 53.0 Å². The van der Waals surface area contributed by atoms with Crippen LogP contribution in [0.3, 0.4) is 0 Å². The summed E-state index contributed by atoms with van der Waals surface area (Å²) in [6.07, 6.45) is 3.64. The molecule has 0 aromatic carbocycles. The fraction of sp³-hybridized carbons (Fsp3) is 0.714. The van der Waals surface area contributed by atoms with Crippen LogP contribution in [0.15, 0.2) is 6.07 Å². The van der Waals surface area contributed by atoms with Crippen LogP contribution in [-0.2, 0) is 0 Å². The predicted molar refractivity (Wildman–Crippen MR) is 79.2 cm³/mol. The molecule has 1 rings (SSSR count). The summed E-state index contributed by atoms with van der Waals surface area (Å²) >= 11 is 7.89. The summed E-state index contributed by atoms with van der Waals surface area (Å²) in [5.74, 6) is 0.762. The highest BCUT2D eigenvalue weighted by Gasteiger charge is 2.15. The number of rotatable bonds is 7. The van der Waals surface area contributed by atoms with Crippen LogP contribution in [0.5, 0.6) is 0 Å². The number of thiophene rings is 1. The fourth-order valence-corrected chi connectivity index (χ4v) is 3.15. The van der Waals surface area contributed by atoms with E-state index in [0.717, 1.165) is 16.8 Å². The molecule has 1 aromatic heterocycles. The third kappa shape index (κ3) is 4.99. The molecule has 0 bridgehead atoms. The molecule has 1 atom stereocenters. The number of hydrogen-bond donors (Lipinski definition) is 1. The van der Waals surface area contributed by atoms with E-state index in [1.54, 1.807) is 11.3 Å². The monoisotopic (exact) mass is 273 g/mol. The second kappa shape index (κ2) is 7.40. The SMILES string of the molecule is CCCNC(CCC(C)C)c1cc(C)c(Cl)s1. The van der Waals surface area contributed by atoms with Crippen molar-refractivity contribution in [1.29, 1.82) is 0 Å². The number of aryl methyl sites for hydroxylation is 1. The van der Waals surface area contributed by atoms with Crippen molar-refractivity contribution in [2.75, 3.05) is 6.54 Å². The molecule has 98 valence electrons. The first kappa shape index (κ1) is 15.0. The minimum absolute atomic E-state index is 0.480. The maximum atomic E-state index is 6.16. The normalized spacial score (nSPS) is 13.3. The van der Waals surface area contributed by atoms with E-state index in [2.05, 4.69) is 39.1 Å². The Kier molecular flexibility index (Phi) is 6.53. The molecule has 0 aliphatic carbocycles. The molecule has 1 unspecified atom stereocenters. The molecule has 0 fully saturated rings. The van der Waals surface area contributed by atoms with Crippen LogP contribution in [0, 0.1) is 12.8 Å². The first-order valence-electron chi connectivity index (χ1n) is 6.53. The Bertz CT molecular complexity index is 313. The van der Waals surface area contributed by atoms with E-state index in [1.807, 2.05) is 0 Å². The quantitative estimate of drug-likeness (QED) is 0.721. The average Bonchev–Trinajstić information content (AvgIpc) is 2.59. The standard InChI is InChI=1S/C14H24ClNS/c1-5-8-16-12(7-6-10(2)3)13-9-11(4)14(15)17-13/h9-10,12,16H,5-8H2,1-4H3. The van der Waals surface area contributed by atoms with Crippen molar-refractivity contribution in [3.63, 3.8) is 0 Å². The first-order chi connectivity index (χ1) is 8.04. The molecule has 0 amide bonds. The van der Waals surface area contributed by atoms with Gasteiger partial charge in [0.1, 0.15) is 0 Å². The van der Waals surface area contributed by atoms with Crippen molar-refractivity contribution < 1.29 is 0 Å². The van der Waals surface area contributed by atoms with E-state index in [4.69, 9.17) is 11.6 Å². The van der Waals surface area contributed by atoms with E-state index in [-0.39, 0.29) is 0 Å². The van der Waals surface area contributed by atoms with Crippen LogP contribution in [0.4, 0.5) is 0 Å². The minimum atomic E-state index is 0.480. The van der Waals surface area contributed by atoms with Gasteiger partial charge in [0, 0.05) is 10.9 Å². The maximum Gasteiger partial charge on any atom is 0.0960 e. The largest absolute Gasteiger partial charge is 0.309 e. The third-order valence-corrected chi connectivity index (χ3v) is 4.56. The van der Waals surface area contributed by atoms with Gasteiger partial charge in [-0.2, -0.15) is 0 Å². The van der Waals surface area contributed by atoms with Crippen molar-refractivity contribution in [2.24, 2.45) is 5.92 Å². The lowest BCUT2D eigenvalue weighted by Gasteiger charge is -2.18. The van der Waals surface area contributed by atoms with Crippen LogP contribution < -0.4 is 5.32 Å². The predicted octanol–water partition coefficient (Wildman–Crippen LogP) is 5.19. The maximum absolute atomic E-state index is 6.16. The van der Waals surface area contributed by atoms with Gasteiger partial charge < -0.3 is 5.32 Å². The highest BCUT2D eigenvalue weighted by atomic mass is 35.5. The van der Waals surface area contributed by atoms with Gasteiger partial charge in [-0.25, -0.2) is 0 Å². The summed E-state index contributed by atoms with van der Waals surface area (Å²) in [5, 5.41) is 3.63. The molecule has 0 radical (unpaired) electrons. The van der Waals surface area contributed by atoms with Crippen LogP contribution in [0.1, 0.15) is 56.5 Å². The molecule has 1 aromatic rings. The molecule has 17 heavy (non-hydrogen) atoms. The topological polar surface area (TPSA) is 12.0 Å². The zero-order chi connectivity index (χ0) is 12.8. The lowest BCUT2D eigenvalue weighted by Crippen LogP contribution is -2.21. The van der Waals surface area contributed by atoms with Gasteiger partial charge in [0.05, 0.1) is 4.34 Å². The Morgan fingerprint density at radius 2 is 2.06 bits per heavy atom. The molecule has 0 aliphatic heterocycles. The van der Waals surface area contributed by atoms with Crippen molar-refractivity contribution in [3.8, 4) is 0 Å². The van der Waals surface area contributed by atoms with E-state index < -0.39 is 0 Å². The van der Waals surface area contributed by atoms with E-state index in [1.165, 1.54) is 29.7 Å².